The summed E-state index contributed by atoms with van der Waals surface area (Å²) < 4.78 is 7.68. The van der Waals surface area contributed by atoms with E-state index in [9.17, 15) is 9.59 Å². The summed E-state index contributed by atoms with van der Waals surface area (Å²) in [5.41, 5.74) is 1.23. The fourth-order valence-corrected chi connectivity index (χ4v) is 3.60. The number of anilines is 1. The molecule has 0 radical (unpaired) electrons. The molecule has 0 spiro atoms. The van der Waals surface area contributed by atoms with E-state index in [1.807, 2.05) is 26.1 Å². The van der Waals surface area contributed by atoms with Gasteiger partial charge in [0, 0.05) is 18.3 Å². The van der Waals surface area contributed by atoms with Gasteiger partial charge in [-0.1, -0.05) is 35.5 Å². The highest BCUT2D eigenvalue weighted by Gasteiger charge is 2.19. The predicted molar refractivity (Wildman–Crippen MR) is 117 cm³/mol. The number of thioether (sulfide) groups is 1. The van der Waals surface area contributed by atoms with Crippen molar-refractivity contribution < 1.29 is 14.3 Å². The Bertz CT molecular complexity index is 1050. The van der Waals surface area contributed by atoms with Crippen LogP contribution in [0.2, 0.25) is 5.02 Å². The van der Waals surface area contributed by atoms with Crippen LogP contribution in [0.15, 0.2) is 53.7 Å². The number of Topliss-reactive ketones (excluding diaryl/α,β-unsaturated/α-hetero) is 1. The SMILES string of the molecule is CC(=O)c1ccc(NC(=O)CSc2nnc(C(C)Oc3ccccc3Cl)n2C)cc1. The molecule has 0 aliphatic heterocycles. The zero-order valence-electron chi connectivity index (χ0n) is 16.8. The second-order valence-corrected chi connectivity index (χ2v) is 7.91. The number of ketones is 1. The second kappa shape index (κ2) is 9.77. The minimum atomic E-state index is -0.370. The minimum Gasteiger partial charge on any atom is -0.481 e. The van der Waals surface area contributed by atoms with Gasteiger partial charge in [0.1, 0.15) is 5.75 Å². The van der Waals surface area contributed by atoms with E-state index >= 15 is 0 Å². The van der Waals surface area contributed by atoms with Crippen LogP contribution in [0, 0.1) is 0 Å². The highest BCUT2D eigenvalue weighted by atomic mass is 35.5. The van der Waals surface area contributed by atoms with Gasteiger partial charge in [-0.3, -0.25) is 9.59 Å². The van der Waals surface area contributed by atoms with E-state index < -0.39 is 0 Å². The van der Waals surface area contributed by atoms with Crippen molar-refractivity contribution in [2.45, 2.75) is 25.1 Å². The van der Waals surface area contributed by atoms with E-state index in [4.69, 9.17) is 16.3 Å². The van der Waals surface area contributed by atoms with Gasteiger partial charge in [-0.25, -0.2) is 0 Å². The molecule has 30 heavy (non-hydrogen) atoms. The van der Waals surface area contributed by atoms with Crippen molar-refractivity contribution in [1.29, 1.82) is 0 Å². The van der Waals surface area contributed by atoms with Gasteiger partial charge in [-0.05, 0) is 50.2 Å². The van der Waals surface area contributed by atoms with Crippen molar-refractivity contribution in [3.8, 4) is 5.75 Å². The molecule has 0 saturated heterocycles. The largest absolute Gasteiger partial charge is 0.481 e. The number of carbonyl (C=O) groups is 2. The lowest BCUT2D eigenvalue weighted by Crippen LogP contribution is -2.15. The van der Waals surface area contributed by atoms with E-state index in [0.717, 1.165) is 0 Å². The molecule has 0 aliphatic rings. The van der Waals surface area contributed by atoms with Crippen molar-refractivity contribution in [2.75, 3.05) is 11.1 Å². The third-order valence-electron chi connectivity index (χ3n) is 4.28. The molecule has 1 N–H and O–H groups in total. The molecule has 3 rings (SSSR count). The summed E-state index contributed by atoms with van der Waals surface area (Å²) in [7, 11) is 1.82. The number of nitrogens with one attached hydrogen (secondary N) is 1. The molecule has 1 amide bonds. The Morgan fingerprint density at radius 3 is 2.53 bits per heavy atom. The molecule has 0 saturated carbocycles. The fraction of sp³-hybridized carbons (Fsp3) is 0.238. The monoisotopic (exact) mass is 444 g/mol. The van der Waals surface area contributed by atoms with E-state index in [1.165, 1.54) is 18.7 Å². The highest BCUT2D eigenvalue weighted by Crippen LogP contribution is 2.29. The van der Waals surface area contributed by atoms with Gasteiger partial charge in [0.25, 0.3) is 0 Å². The molecule has 1 atom stereocenters. The Morgan fingerprint density at radius 2 is 1.87 bits per heavy atom. The minimum absolute atomic E-state index is 0.0192. The van der Waals surface area contributed by atoms with E-state index in [0.29, 0.717) is 33.0 Å². The van der Waals surface area contributed by atoms with Crippen LogP contribution in [-0.4, -0.2) is 32.2 Å². The van der Waals surface area contributed by atoms with Crippen LogP contribution < -0.4 is 10.1 Å². The standard InChI is InChI=1S/C21H21ClN4O3S/c1-13(27)15-8-10-16(11-9-15)23-19(28)12-30-21-25-24-20(26(21)3)14(2)29-18-7-5-4-6-17(18)22/h4-11,14H,12H2,1-3H3,(H,23,28). The van der Waals surface area contributed by atoms with Gasteiger partial charge in [-0.15, -0.1) is 10.2 Å². The molecule has 7 nitrogen and oxygen atoms in total. The molecule has 0 fully saturated rings. The number of para-hydroxylation sites is 1. The van der Waals surface area contributed by atoms with Crippen LogP contribution >= 0.6 is 23.4 Å². The fourth-order valence-electron chi connectivity index (χ4n) is 2.70. The van der Waals surface area contributed by atoms with Gasteiger partial charge in [0.2, 0.25) is 5.91 Å². The van der Waals surface area contributed by atoms with Crippen LogP contribution in [0.1, 0.15) is 36.1 Å². The average molecular weight is 445 g/mol. The Hall–Kier alpha value is -2.84. The van der Waals surface area contributed by atoms with Crippen molar-refractivity contribution in [1.82, 2.24) is 14.8 Å². The number of halogens is 1. The quantitative estimate of drug-likeness (QED) is 0.405. The number of benzene rings is 2. The lowest BCUT2D eigenvalue weighted by molar-refractivity contribution is -0.113. The third kappa shape index (κ3) is 5.40. The van der Waals surface area contributed by atoms with Gasteiger partial charge in [0.15, 0.2) is 22.9 Å². The highest BCUT2D eigenvalue weighted by molar-refractivity contribution is 7.99. The first kappa shape index (κ1) is 21.9. The van der Waals surface area contributed by atoms with Crippen LogP contribution in [-0.2, 0) is 11.8 Å². The molecule has 156 valence electrons. The maximum absolute atomic E-state index is 12.2. The second-order valence-electron chi connectivity index (χ2n) is 6.56. The van der Waals surface area contributed by atoms with Crippen LogP contribution in [0.5, 0.6) is 5.75 Å². The zero-order chi connectivity index (χ0) is 21.7. The third-order valence-corrected chi connectivity index (χ3v) is 5.61. The molecule has 9 heteroatoms. The number of rotatable bonds is 8. The smallest absolute Gasteiger partial charge is 0.234 e. The molecular formula is C21H21ClN4O3S. The van der Waals surface area contributed by atoms with Crippen LogP contribution in [0.3, 0.4) is 0 Å². The number of carbonyl (C=O) groups excluding carboxylic acids is 2. The number of hydrogen-bond donors (Lipinski definition) is 1. The van der Waals surface area contributed by atoms with Crippen molar-refractivity contribution in [3.05, 3.63) is 64.9 Å². The molecular weight excluding hydrogens is 424 g/mol. The first-order chi connectivity index (χ1) is 14.3. The first-order valence-corrected chi connectivity index (χ1v) is 10.6. The van der Waals surface area contributed by atoms with Gasteiger partial charge in [0.05, 0.1) is 10.8 Å². The average Bonchev–Trinajstić information content (AvgIpc) is 3.09. The summed E-state index contributed by atoms with van der Waals surface area (Å²) >= 11 is 7.41. The summed E-state index contributed by atoms with van der Waals surface area (Å²) in [5, 5.41) is 12.3. The summed E-state index contributed by atoms with van der Waals surface area (Å²) in [6.45, 7) is 3.36. The topological polar surface area (TPSA) is 86.1 Å². The molecule has 1 aromatic heterocycles. The molecule has 1 unspecified atom stereocenters. The number of aromatic nitrogens is 3. The number of ether oxygens (including phenoxy) is 1. The molecule has 0 aliphatic carbocycles. The molecule has 0 bridgehead atoms. The maximum atomic E-state index is 12.2. The van der Waals surface area contributed by atoms with Crippen molar-refractivity contribution in [2.24, 2.45) is 7.05 Å². The predicted octanol–water partition coefficient (Wildman–Crippen LogP) is 4.54. The Kier molecular flexibility index (Phi) is 7.12. The van der Waals surface area contributed by atoms with Gasteiger partial charge >= 0.3 is 0 Å². The number of hydrogen-bond acceptors (Lipinski definition) is 6. The molecule has 2 aromatic carbocycles. The summed E-state index contributed by atoms with van der Waals surface area (Å²) in [6, 6.07) is 14.0. The summed E-state index contributed by atoms with van der Waals surface area (Å²) in [5.74, 6) is 1.16. The molecule has 3 aromatic rings. The van der Waals surface area contributed by atoms with Crippen LogP contribution in [0.4, 0.5) is 5.69 Å². The maximum Gasteiger partial charge on any atom is 0.234 e. The zero-order valence-corrected chi connectivity index (χ0v) is 18.3. The first-order valence-electron chi connectivity index (χ1n) is 9.19. The van der Waals surface area contributed by atoms with Gasteiger partial charge < -0.3 is 14.6 Å². The van der Waals surface area contributed by atoms with E-state index in [1.54, 1.807) is 41.0 Å². The lowest BCUT2D eigenvalue weighted by atomic mass is 10.1. The van der Waals surface area contributed by atoms with Crippen molar-refractivity contribution in [3.63, 3.8) is 0 Å². The molecule has 1 heterocycles. The Balaban J connectivity index is 1.57. The summed E-state index contributed by atoms with van der Waals surface area (Å²) in [6.07, 6.45) is -0.370. The van der Waals surface area contributed by atoms with Crippen LogP contribution in [0.25, 0.3) is 0 Å². The van der Waals surface area contributed by atoms with E-state index in [-0.39, 0.29) is 23.5 Å². The normalized spacial score (nSPS) is 11.7. The Morgan fingerprint density at radius 1 is 1.17 bits per heavy atom. The Labute approximate surface area is 183 Å². The van der Waals surface area contributed by atoms with Crippen molar-refractivity contribution >= 4 is 40.7 Å². The van der Waals surface area contributed by atoms with Gasteiger partial charge in [-0.2, -0.15) is 0 Å². The summed E-state index contributed by atoms with van der Waals surface area (Å²) in [4.78, 5) is 23.6. The van der Waals surface area contributed by atoms with E-state index in [2.05, 4.69) is 15.5 Å². The number of nitrogens with zero attached hydrogens (tertiary/aromatic N) is 3. The lowest BCUT2D eigenvalue weighted by Gasteiger charge is -2.15. The number of amides is 1.